The van der Waals surface area contributed by atoms with E-state index in [0.717, 1.165) is 24.3 Å². The van der Waals surface area contributed by atoms with Crippen molar-refractivity contribution in [1.29, 1.82) is 0 Å². The molecule has 1 aliphatic rings. The lowest BCUT2D eigenvalue weighted by atomic mass is 10.1. The van der Waals surface area contributed by atoms with Crippen LogP contribution in [0.1, 0.15) is 24.0 Å². The second kappa shape index (κ2) is 6.16. The van der Waals surface area contributed by atoms with Gasteiger partial charge in [-0.05, 0) is 58.1 Å². The molecule has 3 rings (SSSR count). The molecule has 0 bridgehead atoms. The molecule has 1 saturated carbocycles. The Hall–Kier alpha value is -1.39. The molecule has 0 saturated heterocycles. The van der Waals surface area contributed by atoms with Gasteiger partial charge in [-0.15, -0.1) is 0 Å². The van der Waals surface area contributed by atoms with Crippen LogP contribution in [0, 0.1) is 5.82 Å². The highest BCUT2D eigenvalue weighted by molar-refractivity contribution is 9.10. The first kappa shape index (κ1) is 14.5. The van der Waals surface area contributed by atoms with E-state index < -0.39 is 0 Å². The smallest absolute Gasteiger partial charge is 0.137 e. The van der Waals surface area contributed by atoms with E-state index in [1.807, 2.05) is 18.2 Å². The number of hydrogen-bond acceptors (Lipinski definition) is 2. The molecule has 0 heterocycles. The molecule has 0 spiro atoms. The van der Waals surface area contributed by atoms with Gasteiger partial charge in [0.15, 0.2) is 0 Å². The quantitative estimate of drug-likeness (QED) is 0.814. The van der Waals surface area contributed by atoms with Gasteiger partial charge >= 0.3 is 0 Å². The number of anilines is 1. The standard InChI is InChI=1S/C17H18BrFN2/c18-17-13(2-1-3-16(17)19)11-21(15-8-9-15)10-12-4-6-14(20)7-5-12/h1-7,15H,8-11,20H2. The van der Waals surface area contributed by atoms with Crippen molar-refractivity contribution in [3.05, 3.63) is 63.9 Å². The van der Waals surface area contributed by atoms with E-state index in [2.05, 4.69) is 33.0 Å². The zero-order valence-electron chi connectivity index (χ0n) is 11.7. The molecule has 2 aromatic carbocycles. The third-order valence-corrected chi connectivity index (χ3v) is 4.72. The fourth-order valence-electron chi connectivity index (χ4n) is 2.50. The molecule has 0 radical (unpaired) electrons. The summed E-state index contributed by atoms with van der Waals surface area (Å²) in [5.74, 6) is -0.198. The highest BCUT2D eigenvalue weighted by atomic mass is 79.9. The van der Waals surface area contributed by atoms with Gasteiger partial charge in [0.25, 0.3) is 0 Å². The maximum Gasteiger partial charge on any atom is 0.137 e. The van der Waals surface area contributed by atoms with Crippen LogP contribution >= 0.6 is 15.9 Å². The molecule has 0 aromatic heterocycles. The summed E-state index contributed by atoms with van der Waals surface area (Å²) in [4.78, 5) is 2.41. The van der Waals surface area contributed by atoms with Crippen LogP contribution in [0.4, 0.5) is 10.1 Å². The van der Waals surface area contributed by atoms with Crippen molar-refractivity contribution in [2.45, 2.75) is 32.0 Å². The highest BCUT2D eigenvalue weighted by Gasteiger charge is 2.29. The molecule has 0 aliphatic heterocycles. The lowest BCUT2D eigenvalue weighted by Crippen LogP contribution is -2.25. The molecule has 2 N–H and O–H groups in total. The van der Waals surface area contributed by atoms with E-state index in [1.165, 1.54) is 24.5 Å². The summed E-state index contributed by atoms with van der Waals surface area (Å²) in [5.41, 5.74) is 8.75. The first-order valence-electron chi connectivity index (χ1n) is 7.15. The minimum Gasteiger partial charge on any atom is -0.399 e. The summed E-state index contributed by atoms with van der Waals surface area (Å²) in [7, 11) is 0. The first-order chi connectivity index (χ1) is 10.1. The summed E-state index contributed by atoms with van der Waals surface area (Å²) in [6, 6.07) is 13.8. The van der Waals surface area contributed by atoms with Gasteiger partial charge in [-0.25, -0.2) is 4.39 Å². The average Bonchev–Trinajstić information content (AvgIpc) is 3.30. The Bertz CT molecular complexity index is 623. The van der Waals surface area contributed by atoms with Crippen molar-refractivity contribution in [3.8, 4) is 0 Å². The van der Waals surface area contributed by atoms with E-state index in [1.54, 1.807) is 6.07 Å². The molecule has 110 valence electrons. The van der Waals surface area contributed by atoms with Crippen LogP contribution in [-0.4, -0.2) is 10.9 Å². The minimum absolute atomic E-state index is 0.198. The summed E-state index contributed by atoms with van der Waals surface area (Å²) in [6.45, 7) is 1.63. The predicted octanol–water partition coefficient (Wildman–Crippen LogP) is 4.34. The van der Waals surface area contributed by atoms with Crippen LogP contribution in [0.5, 0.6) is 0 Å². The van der Waals surface area contributed by atoms with Gasteiger partial charge in [0.1, 0.15) is 5.82 Å². The number of rotatable bonds is 5. The molecule has 2 nitrogen and oxygen atoms in total. The third kappa shape index (κ3) is 3.63. The first-order valence-corrected chi connectivity index (χ1v) is 7.94. The van der Waals surface area contributed by atoms with Gasteiger partial charge in [-0.1, -0.05) is 24.3 Å². The molecule has 2 aromatic rings. The lowest BCUT2D eigenvalue weighted by Gasteiger charge is -2.23. The van der Waals surface area contributed by atoms with Crippen LogP contribution < -0.4 is 5.73 Å². The second-order valence-corrected chi connectivity index (χ2v) is 6.38. The Balaban J connectivity index is 1.76. The number of halogens is 2. The Morgan fingerprint density at radius 3 is 2.48 bits per heavy atom. The summed E-state index contributed by atoms with van der Waals surface area (Å²) < 4.78 is 14.2. The fraction of sp³-hybridized carbons (Fsp3) is 0.294. The van der Waals surface area contributed by atoms with Crippen molar-refractivity contribution in [2.24, 2.45) is 0 Å². The van der Waals surface area contributed by atoms with Crippen LogP contribution in [0.3, 0.4) is 0 Å². The van der Waals surface area contributed by atoms with E-state index >= 15 is 0 Å². The minimum atomic E-state index is -0.198. The van der Waals surface area contributed by atoms with Crippen LogP contribution in [-0.2, 0) is 13.1 Å². The SMILES string of the molecule is Nc1ccc(CN(Cc2cccc(F)c2Br)C2CC2)cc1. The monoisotopic (exact) mass is 348 g/mol. The van der Waals surface area contributed by atoms with Gasteiger partial charge in [0.2, 0.25) is 0 Å². The molecule has 0 unspecified atom stereocenters. The Morgan fingerprint density at radius 1 is 1.10 bits per heavy atom. The van der Waals surface area contributed by atoms with Gasteiger partial charge < -0.3 is 5.73 Å². The largest absolute Gasteiger partial charge is 0.399 e. The third-order valence-electron chi connectivity index (χ3n) is 3.83. The Labute approximate surface area is 132 Å². The summed E-state index contributed by atoms with van der Waals surface area (Å²) in [6.07, 6.45) is 2.45. The molecule has 21 heavy (non-hydrogen) atoms. The lowest BCUT2D eigenvalue weighted by molar-refractivity contribution is 0.245. The predicted molar refractivity (Wildman–Crippen MR) is 87.2 cm³/mol. The van der Waals surface area contributed by atoms with Crippen molar-refractivity contribution in [2.75, 3.05) is 5.73 Å². The van der Waals surface area contributed by atoms with Crippen LogP contribution in [0.15, 0.2) is 46.9 Å². The number of nitrogen functional groups attached to an aromatic ring is 1. The molecule has 0 amide bonds. The van der Waals surface area contributed by atoms with Gasteiger partial charge in [0.05, 0.1) is 4.47 Å². The fourth-order valence-corrected chi connectivity index (χ4v) is 2.89. The van der Waals surface area contributed by atoms with Crippen LogP contribution in [0.2, 0.25) is 0 Å². The van der Waals surface area contributed by atoms with Crippen molar-refractivity contribution in [3.63, 3.8) is 0 Å². The molecule has 1 aliphatic carbocycles. The Morgan fingerprint density at radius 2 is 1.81 bits per heavy atom. The van der Waals surface area contributed by atoms with Crippen molar-refractivity contribution < 1.29 is 4.39 Å². The molecule has 0 atom stereocenters. The van der Waals surface area contributed by atoms with Gasteiger partial charge in [-0.3, -0.25) is 4.90 Å². The maximum absolute atomic E-state index is 13.6. The maximum atomic E-state index is 13.6. The molecular weight excluding hydrogens is 331 g/mol. The van der Waals surface area contributed by atoms with Crippen molar-refractivity contribution in [1.82, 2.24) is 4.90 Å². The normalized spacial score (nSPS) is 14.6. The topological polar surface area (TPSA) is 29.3 Å². The second-order valence-electron chi connectivity index (χ2n) is 5.59. The van der Waals surface area contributed by atoms with E-state index in [0.29, 0.717) is 10.5 Å². The number of benzene rings is 2. The summed E-state index contributed by atoms with van der Waals surface area (Å²) >= 11 is 3.35. The van der Waals surface area contributed by atoms with E-state index in [9.17, 15) is 4.39 Å². The average molecular weight is 349 g/mol. The number of nitrogens with zero attached hydrogens (tertiary/aromatic N) is 1. The summed E-state index contributed by atoms with van der Waals surface area (Å²) in [5, 5.41) is 0. The highest BCUT2D eigenvalue weighted by Crippen LogP contribution is 2.31. The number of hydrogen-bond donors (Lipinski definition) is 1. The van der Waals surface area contributed by atoms with Crippen molar-refractivity contribution >= 4 is 21.6 Å². The van der Waals surface area contributed by atoms with Gasteiger partial charge in [-0.2, -0.15) is 0 Å². The van der Waals surface area contributed by atoms with Gasteiger partial charge in [0, 0.05) is 24.8 Å². The molecular formula is C17H18BrFN2. The van der Waals surface area contributed by atoms with Crippen LogP contribution in [0.25, 0.3) is 0 Å². The zero-order valence-corrected chi connectivity index (χ0v) is 13.3. The van der Waals surface area contributed by atoms with E-state index in [-0.39, 0.29) is 5.82 Å². The van der Waals surface area contributed by atoms with E-state index in [4.69, 9.17) is 5.73 Å². The Kier molecular flexibility index (Phi) is 4.27. The molecule has 4 heteroatoms. The number of nitrogens with two attached hydrogens (primary N) is 1. The zero-order chi connectivity index (χ0) is 14.8. The molecule has 1 fully saturated rings.